The summed E-state index contributed by atoms with van der Waals surface area (Å²) in [6.45, 7) is 3.53. The molecule has 38 heavy (non-hydrogen) atoms. The molecule has 4 heterocycles. The molecule has 0 saturated carbocycles. The zero-order valence-electron chi connectivity index (χ0n) is 20.9. The molecule has 2 aromatic heterocycles. The standard InChI is InChI=1S/C29H26N4O4S/c1-2-36-28(35)19-12-14-32(15-13-19)29-30-27(34)25(38-29)17-21-18-33(22-9-4-3-5-10-22)31-26(21)24-16-20-8-6-7-11-23(20)37-24/h3-11,16-19H,2,12-15H2,1H3/b25-17+. The number of aromatic nitrogens is 2. The molecule has 0 spiro atoms. The number of esters is 1. The number of nitrogens with zero attached hydrogens (tertiary/aromatic N) is 4. The summed E-state index contributed by atoms with van der Waals surface area (Å²) in [7, 11) is 0. The number of likely N-dealkylation sites (tertiary alicyclic amines) is 1. The average Bonchev–Trinajstić information content (AvgIpc) is 3.66. The van der Waals surface area contributed by atoms with E-state index in [-0.39, 0.29) is 17.8 Å². The van der Waals surface area contributed by atoms with Gasteiger partial charge in [-0.25, -0.2) is 4.68 Å². The van der Waals surface area contributed by atoms with Crippen molar-refractivity contribution < 1.29 is 18.7 Å². The molecule has 2 aliphatic rings. The van der Waals surface area contributed by atoms with Gasteiger partial charge in [0.2, 0.25) is 0 Å². The molecule has 6 rings (SSSR count). The number of ether oxygens (including phenoxy) is 1. The van der Waals surface area contributed by atoms with Crippen LogP contribution in [-0.2, 0) is 14.3 Å². The minimum Gasteiger partial charge on any atom is -0.466 e. The third-order valence-electron chi connectivity index (χ3n) is 6.70. The Bertz CT molecular complexity index is 1530. The van der Waals surface area contributed by atoms with Gasteiger partial charge in [-0.3, -0.25) is 9.59 Å². The first-order valence-corrected chi connectivity index (χ1v) is 13.5. The highest BCUT2D eigenvalue weighted by Gasteiger charge is 2.32. The van der Waals surface area contributed by atoms with Gasteiger partial charge >= 0.3 is 5.97 Å². The van der Waals surface area contributed by atoms with E-state index in [0.29, 0.717) is 54.1 Å². The molecule has 0 aliphatic carbocycles. The van der Waals surface area contributed by atoms with Crippen LogP contribution >= 0.6 is 11.8 Å². The molecular weight excluding hydrogens is 500 g/mol. The van der Waals surface area contributed by atoms with Gasteiger partial charge in [-0.05, 0) is 61.9 Å². The number of benzene rings is 2. The Labute approximate surface area is 224 Å². The summed E-state index contributed by atoms with van der Waals surface area (Å²) in [6, 6.07) is 19.6. The van der Waals surface area contributed by atoms with Crippen molar-refractivity contribution >= 4 is 45.9 Å². The van der Waals surface area contributed by atoms with Gasteiger partial charge in [-0.15, -0.1) is 0 Å². The number of hydrogen-bond donors (Lipinski definition) is 0. The molecular formula is C29H26N4O4S. The zero-order valence-corrected chi connectivity index (χ0v) is 21.7. The lowest BCUT2D eigenvalue weighted by molar-refractivity contribution is -0.149. The number of hydrogen-bond acceptors (Lipinski definition) is 7. The summed E-state index contributed by atoms with van der Waals surface area (Å²) in [5, 5.41) is 6.48. The number of para-hydroxylation sites is 2. The number of amidine groups is 1. The third-order valence-corrected chi connectivity index (χ3v) is 7.75. The van der Waals surface area contributed by atoms with Crippen LogP contribution in [0.1, 0.15) is 25.3 Å². The van der Waals surface area contributed by atoms with E-state index in [1.165, 1.54) is 11.8 Å². The molecule has 8 nitrogen and oxygen atoms in total. The molecule has 0 bridgehead atoms. The monoisotopic (exact) mass is 526 g/mol. The Balaban J connectivity index is 1.28. The smallest absolute Gasteiger partial charge is 0.309 e. The van der Waals surface area contributed by atoms with Crippen LogP contribution in [-0.4, -0.2) is 51.4 Å². The predicted molar refractivity (Wildman–Crippen MR) is 148 cm³/mol. The molecule has 0 N–H and O–H groups in total. The number of thioether (sulfide) groups is 1. The van der Waals surface area contributed by atoms with Gasteiger partial charge < -0.3 is 14.1 Å². The highest BCUT2D eigenvalue weighted by Crippen LogP contribution is 2.36. The number of amides is 1. The van der Waals surface area contributed by atoms with E-state index in [0.717, 1.165) is 22.2 Å². The minimum absolute atomic E-state index is 0.0980. The van der Waals surface area contributed by atoms with Gasteiger partial charge in [0.05, 0.1) is 23.1 Å². The van der Waals surface area contributed by atoms with Crippen molar-refractivity contribution in [3.63, 3.8) is 0 Å². The van der Waals surface area contributed by atoms with Crippen molar-refractivity contribution in [3.05, 3.63) is 77.3 Å². The van der Waals surface area contributed by atoms with Crippen molar-refractivity contribution in [2.24, 2.45) is 10.9 Å². The first kappa shape index (κ1) is 24.2. The number of carbonyl (C=O) groups excluding carboxylic acids is 2. The van der Waals surface area contributed by atoms with E-state index in [1.807, 2.05) is 79.9 Å². The van der Waals surface area contributed by atoms with Gasteiger partial charge in [-0.1, -0.05) is 36.4 Å². The molecule has 192 valence electrons. The molecule has 1 saturated heterocycles. The van der Waals surface area contributed by atoms with Crippen LogP contribution in [0.5, 0.6) is 0 Å². The predicted octanol–water partition coefficient (Wildman–Crippen LogP) is 5.53. The van der Waals surface area contributed by atoms with E-state index >= 15 is 0 Å². The fourth-order valence-electron chi connectivity index (χ4n) is 4.74. The first-order chi connectivity index (χ1) is 18.6. The normalized spacial score (nSPS) is 17.4. The van der Waals surface area contributed by atoms with E-state index in [1.54, 1.807) is 4.68 Å². The Hall–Kier alpha value is -4.11. The molecule has 1 amide bonds. The van der Waals surface area contributed by atoms with Gasteiger partial charge in [0, 0.05) is 30.2 Å². The van der Waals surface area contributed by atoms with Crippen molar-refractivity contribution in [3.8, 4) is 17.1 Å². The van der Waals surface area contributed by atoms with E-state index in [2.05, 4.69) is 9.89 Å². The third kappa shape index (κ3) is 4.77. The van der Waals surface area contributed by atoms with Crippen molar-refractivity contribution in [2.75, 3.05) is 19.7 Å². The second-order valence-electron chi connectivity index (χ2n) is 9.19. The molecule has 2 aromatic carbocycles. The molecule has 0 unspecified atom stereocenters. The highest BCUT2D eigenvalue weighted by atomic mass is 32.2. The van der Waals surface area contributed by atoms with Gasteiger partial charge in [0.1, 0.15) is 11.3 Å². The average molecular weight is 527 g/mol. The molecule has 2 aliphatic heterocycles. The topological polar surface area (TPSA) is 89.9 Å². The quantitative estimate of drug-likeness (QED) is 0.249. The van der Waals surface area contributed by atoms with Crippen LogP contribution in [0.3, 0.4) is 0 Å². The minimum atomic E-state index is -0.277. The summed E-state index contributed by atoms with van der Waals surface area (Å²) in [4.78, 5) is 31.9. The lowest BCUT2D eigenvalue weighted by atomic mass is 9.97. The van der Waals surface area contributed by atoms with Crippen molar-refractivity contribution in [1.29, 1.82) is 0 Å². The van der Waals surface area contributed by atoms with Crippen LogP contribution in [0, 0.1) is 5.92 Å². The molecule has 4 aromatic rings. The van der Waals surface area contributed by atoms with Crippen molar-refractivity contribution in [1.82, 2.24) is 14.7 Å². The SMILES string of the molecule is CCOC(=O)C1CCN(C2=NC(=O)/C(=C\c3cn(-c4ccccc4)nc3-c3cc4ccccc4o3)S2)CC1. The molecule has 9 heteroatoms. The number of furan rings is 1. The summed E-state index contributed by atoms with van der Waals surface area (Å²) in [6.07, 6.45) is 5.11. The van der Waals surface area contributed by atoms with E-state index in [9.17, 15) is 9.59 Å². The lowest BCUT2D eigenvalue weighted by Gasteiger charge is -2.31. The Morgan fingerprint density at radius 1 is 1.13 bits per heavy atom. The second kappa shape index (κ2) is 10.3. The zero-order chi connectivity index (χ0) is 26.1. The van der Waals surface area contributed by atoms with E-state index < -0.39 is 0 Å². The fraction of sp³-hybridized carbons (Fsp3) is 0.241. The summed E-state index contributed by atoms with van der Waals surface area (Å²) in [5.41, 5.74) is 3.09. The van der Waals surface area contributed by atoms with Crippen LogP contribution in [0.25, 0.3) is 34.2 Å². The maximum absolute atomic E-state index is 12.9. The molecule has 1 fully saturated rings. The second-order valence-corrected chi connectivity index (χ2v) is 10.2. The maximum atomic E-state index is 12.9. The Morgan fingerprint density at radius 3 is 2.66 bits per heavy atom. The number of aliphatic imine (C=N–C) groups is 1. The highest BCUT2D eigenvalue weighted by molar-refractivity contribution is 8.18. The van der Waals surface area contributed by atoms with Gasteiger partial charge in [0.25, 0.3) is 5.91 Å². The number of fused-ring (bicyclic) bond motifs is 1. The van der Waals surface area contributed by atoms with Crippen molar-refractivity contribution in [2.45, 2.75) is 19.8 Å². The lowest BCUT2D eigenvalue weighted by Crippen LogP contribution is -2.39. The fourth-order valence-corrected chi connectivity index (χ4v) is 5.69. The molecule has 0 radical (unpaired) electrons. The number of carbonyl (C=O) groups is 2. The first-order valence-electron chi connectivity index (χ1n) is 12.7. The Morgan fingerprint density at radius 2 is 1.89 bits per heavy atom. The summed E-state index contributed by atoms with van der Waals surface area (Å²) in [5.74, 6) is 0.114. The van der Waals surface area contributed by atoms with Gasteiger partial charge in [0.15, 0.2) is 10.9 Å². The van der Waals surface area contributed by atoms with Crippen LogP contribution in [0.15, 0.2) is 81.2 Å². The number of piperidine rings is 1. The van der Waals surface area contributed by atoms with Crippen LogP contribution < -0.4 is 0 Å². The van der Waals surface area contributed by atoms with Gasteiger partial charge in [-0.2, -0.15) is 10.1 Å². The summed E-state index contributed by atoms with van der Waals surface area (Å²) < 4.78 is 13.1. The van der Waals surface area contributed by atoms with Crippen LogP contribution in [0.2, 0.25) is 0 Å². The maximum Gasteiger partial charge on any atom is 0.309 e. The van der Waals surface area contributed by atoms with Crippen LogP contribution in [0.4, 0.5) is 0 Å². The summed E-state index contributed by atoms with van der Waals surface area (Å²) >= 11 is 1.36. The molecule has 0 atom stereocenters. The van der Waals surface area contributed by atoms with E-state index in [4.69, 9.17) is 14.3 Å². The largest absolute Gasteiger partial charge is 0.466 e. The Kier molecular flexibility index (Phi) is 6.59. The number of rotatable bonds is 5.